The van der Waals surface area contributed by atoms with Gasteiger partial charge >= 0.3 is 0 Å². The summed E-state index contributed by atoms with van der Waals surface area (Å²) in [5.74, 6) is 1.69. The number of aromatic nitrogens is 4. The van der Waals surface area contributed by atoms with Crippen molar-refractivity contribution in [2.24, 2.45) is 0 Å². The molecule has 0 radical (unpaired) electrons. The molecule has 0 saturated carbocycles. The first-order valence-electron chi connectivity index (χ1n) is 14.3. The largest absolute Gasteiger partial charge is 0.356 e. The van der Waals surface area contributed by atoms with Crippen LogP contribution in [-0.2, 0) is 4.79 Å². The van der Waals surface area contributed by atoms with Crippen LogP contribution in [0.1, 0.15) is 51.1 Å². The molecule has 4 aromatic rings. The smallest absolute Gasteiger partial charge is 0.231 e. The maximum Gasteiger partial charge on any atom is 0.231 e. The van der Waals surface area contributed by atoms with Gasteiger partial charge in [0.1, 0.15) is 23.1 Å². The molecule has 2 saturated heterocycles. The Kier molecular flexibility index (Phi) is 7.41. The summed E-state index contributed by atoms with van der Waals surface area (Å²) < 4.78 is 15.8. The number of amides is 1. The van der Waals surface area contributed by atoms with Crippen LogP contribution in [-0.4, -0.2) is 68.3 Å². The molecule has 0 N–H and O–H groups in total. The summed E-state index contributed by atoms with van der Waals surface area (Å²) in [6.45, 7) is 6.41. The first kappa shape index (κ1) is 27.6. The van der Waals surface area contributed by atoms with Crippen LogP contribution in [0.25, 0.3) is 17.0 Å². The van der Waals surface area contributed by atoms with Gasteiger partial charge in [0.15, 0.2) is 5.65 Å². The van der Waals surface area contributed by atoms with Gasteiger partial charge in [0.2, 0.25) is 5.91 Å². The number of hydrogen-bond acceptors (Lipinski definition) is 6. The highest BCUT2D eigenvalue weighted by atomic mass is 31.0. The monoisotopic (exact) mass is 573 g/mol. The molecule has 1 amide bonds. The Balaban J connectivity index is 1.22. The Morgan fingerprint density at radius 2 is 1.80 bits per heavy atom. The Labute approximate surface area is 242 Å². The Bertz CT molecular complexity index is 1560. The molecule has 0 aliphatic carbocycles. The summed E-state index contributed by atoms with van der Waals surface area (Å²) in [4.78, 5) is 28.8. The number of pyridine rings is 1. The fourth-order valence-corrected chi connectivity index (χ4v) is 6.34. The van der Waals surface area contributed by atoms with Crippen molar-refractivity contribution in [3.05, 3.63) is 72.2 Å². The lowest BCUT2D eigenvalue weighted by Gasteiger charge is -2.39. The van der Waals surface area contributed by atoms with Crippen LogP contribution in [0.2, 0.25) is 0 Å². The zero-order chi connectivity index (χ0) is 28.7. The van der Waals surface area contributed by atoms with Crippen molar-refractivity contribution in [3.8, 4) is 11.4 Å². The first-order valence-corrected chi connectivity index (χ1v) is 14.9. The predicted molar refractivity (Wildman–Crippen MR) is 164 cm³/mol. The van der Waals surface area contributed by atoms with Gasteiger partial charge in [0, 0.05) is 32.7 Å². The lowest BCUT2D eigenvalue weighted by atomic mass is 10.0. The highest BCUT2D eigenvalue weighted by Gasteiger charge is 2.32. The molecule has 1 aromatic carbocycles. The maximum atomic E-state index is 14.0. The summed E-state index contributed by atoms with van der Waals surface area (Å²) in [7, 11) is 4.57. The summed E-state index contributed by atoms with van der Waals surface area (Å²) in [5.41, 5.74) is 3.36. The molecule has 2 aliphatic rings. The molecule has 0 spiro atoms. The summed E-state index contributed by atoms with van der Waals surface area (Å²) >= 11 is 0. The lowest BCUT2D eigenvalue weighted by Crippen LogP contribution is -2.49. The average Bonchev–Trinajstić information content (AvgIpc) is 3.63. The second kappa shape index (κ2) is 11.0. The van der Waals surface area contributed by atoms with Crippen molar-refractivity contribution < 1.29 is 9.18 Å². The minimum atomic E-state index is -0.459. The number of carbonyl (C=O) groups is 1. The Morgan fingerprint density at radius 3 is 2.56 bits per heavy atom. The van der Waals surface area contributed by atoms with E-state index < -0.39 is 5.16 Å². The van der Waals surface area contributed by atoms with Crippen LogP contribution in [0.3, 0.4) is 0 Å². The predicted octanol–water partition coefficient (Wildman–Crippen LogP) is 5.35. The molecule has 10 heteroatoms. The highest BCUT2D eigenvalue weighted by molar-refractivity contribution is 7.20. The molecule has 2 unspecified atom stereocenters. The van der Waals surface area contributed by atoms with Crippen LogP contribution in [0.15, 0.2) is 60.8 Å². The van der Waals surface area contributed by atoms with Gasteiger partial charge in [-0.25, -0.2) is 18.9 Å². The minimum Gasteiger partial charge on any atom is -0.356 e. The van der Waals surface area contributed by atoms with E-state index in [0.29, 0.717) is 0 Å². The Hall–Kier alpha value is -3.58. The molecule has 2 aliphatic heterocycles. The molecule has 0 bridgehead atoms. The molecular weight excluding hydrogens is 536 g/mol. The van der Waals surface area contributed by atoms with E-state index in [9.17, 15) is 9.18 Å². The third-order valence-electron chi connectivity index (χ3n) is 8.33. The first-order chi connectivity index (χ1) is 19.7. The quantitative estimate of drug-likeness (QED) is 0.290. The zero-order valence-electron chi connectivity index (χ0n) is 23.9. The minimum absolute atomic E-state index is 0.0866. The molecule has 6 rings (SSSR count). The van der Waals surface area contributed by atoms with Gasteiger partial charge in [0.25, 0.3) is 0 Å². The van der Waals surface area contributed by atoms with Crippen LogP contribution in [0, 0.1) is 5.82 Å². The standard InChI is InChI=1S/C31H37FN7OP/c1-31(2,41)30(40)36(3)23-14-17-37(18-15-23)28-11-5-9-24(34-28)26-20-33-27-12-13-29(35-39(26)27)38-16-6-10-25(38)21-7-4-8-22(32)19-21/h4-5,7-9,11-13,19-20,23,25H,6,10,14-18,41H2,1-3H3. The molecular formula is C31H37FN7OP. The van der Waals surface area contributed by atoms with Gasteiger partial charge in [-0.15, -0.1) is 14.3 Å². The van der Waals surface area contributed by atoms with Crippen molar-refractivity contribution in [1.29, 1.82) is 0 Å². The van der Waals surface area contributed by atoms with Crippen LogP contribution in [0.5, 0.6) is 0 Å². The van der Waals surface area contributed by atoms with Crippen molar-refractivity contribution >= 4 is 32.4 Å². The van der Waals surface area contributed by atoms with Crippen LogP contribution in [0.4, 0.5) is 16.0 Å². The number of piperidine rings is 1. The van der Waals surface area contributed by atoms with E-state index in [-0.39, 0.29) is 23.8 Å². The molecule has 41 heavy (non-hydrogen) atoms. The van der Waals surface area contributed by atoms with Gasteiger partial charge in [-0.05, 0) is 81.5 Å². The molecule has 2 atom stereocenters. The van der Waals surface area contributed by atoms with Gasteiger partial charge < -0.3 is 14.7 Å². The summed E-state index contributed by atoms with van der Waals surface area (Å²) in [5, 5.41) is 4.53. The van der Waals surface area contributed by atoms with E-state index >= 15 is 0 Å². The summed E-state index contributed by atoms with van der Waals surface area (Å²) in [6.07, 6.45) is 5.61. The third kappa shape index (κ3) is 5.52. The van der Waals surface area contributed by atoms with Gasteiger partial charge in [-0.1, -0.05) is 18.2 Å². The van der Waals surface area contributed by atoms with Crippen molar-refractivity contribution in [2.45, 2.75) is 56.8 Å². The molecule has 3 aromatic heterocycles. The summed E-state index contributed by atoms with van der Waals surface area (Å²) in [6, 6.07) is 17.2. The number of anilines is 2. The van der Waals surface area contributed by atoms with E-state index in [2.05, 4.69) is 24.0 Å². The van der Waals surface area contributed by atoms with Crippen molar-refractivity contribution in [1.82, 2.24) is 24.5 Å². The second-order valence-electron chi connectivity index (χ2n) is 11.7. The van der Waals surface area contributed by atoms with Crippen LogP contribution < -0.4 is 9.80 Å². The van der Waals surface area contributed by atoms with Crippen molar-refractivity contribution in [3.63, 3.8) is 0 Å². The van der Waals surface area contributed by atoms with E-state index in [1.807, 2.05) is 72.9 Å². The number of fused-ring (bicyclic) bond motifs is 1. The van der Waals surface area contributed by atoms with E-state index in [4.69, 9.17) is 10.1 Å². The maximum absolute atomic E-state index is 14.0. The SMILES string of the molecule is CN(C(=O)C(C)(C)P)C1CCN(c2cccc(-c3cnc4ccc(N5CCCC5c5cccc(F)c5)nn34)n2)CC1. The zero-order valence-corrected chi connectivity index (χ0v) is 25.0. The number of hydrogen-bond donors (Lipinski definition) is 0. The molecule has 2 fully saturated rings. The van der Waals surface area contributed by atoms with E-state index in [1.54, 1.807) is 12.1 Å². The molecule has 214 valence electrons. The number of rotatable bonds is 6. The Morgan fingerprint density at radius 1 is 1.02 bits per heavy atom. The number of halogens is 1. The van der Waals surface area contributed by atoms with Gasteiger partial charge in [-0.2, -0.15) is 0 Å². The number of imidazole rings is 1. The van der Waals surface area contributed by atoms with E-state index in [1.165, 1.54) is 6.07 Å². The fraction of sp³-hybridized carbons (Fsp3) is 0.419. The molecule has 8 nitrogen and oxygen atoms in total. The fourth-order valence-electron chi connectivity index (χ4n) is 6.14. The van der Waals surface area contributed by atoms with Gasteiger partial charge in [0.05, 0.1) is 23.1 Å². The number of benzene rings is 1. The average molecular weight is 574 g/mol. The van der Waals surface area contributed by atoms with Crippen LogP contribution >= 0.6 is 9.24 Å². The normalized spacial score (nSPS) is 18.3. The number of nitrogens with zero attached hydrogens (tertiary/aromatic N) is 7. The lowest BCUT2D eigenvalue weighted by molar-refractivity contribution is -0.134. The van der Waals surface area contributed by atoms with E-state index in [0.717, 1.165) is 79.6 Å². The highest BCUT2D eigenvalue weighted by Crippen LogP contribution is 2.36. The molecule has 5 heterocycles. The third-order valence-corrected chi connectivity index (χ3v) is 8.58. The van der Waals surface area contributed by atoms with Gasteiger partial charge in [-0.3, -0.25) is 4.79 Å². The number of carbonyl (C=O) groups excluding carboxylic acids is 1. The van der Waals surface area contributed by atoms with Crippen molar-refractivity contribution in [2.75, 3.05) is 36.5 Å². The second-order valence-corrected chi connectivity index (χ2v) is 13.2. The topological polar surface area (TPSA) is 69.9 Å².